The zero-order chi connectivity index (χ0) is 25.1. The number of carbonyl (C=O) groups excluding carboxylic acids is 1. The van der Waals surface area contributed by atoms with Crippen LogP contribution >= 0.6 is 35.0 Å². The number of carbonyl (C=O) groups is 1. The smallest absolute Gasteiger partial charge is 0.255 e. The van der Waals surface area contributed by atoms with E-state index < -0.39 is 11.7 Å². The van der Waals surface area contributed by atoms with Gasteiger partial charge >= 0.3 is 0 Å². The van der Waals surface area contributed by atoms with Crippen molar-refractivity contribution in [3.8, 4) is 0 Å². The predicted molar refractivity (Wildman–Crippen MR) is 146 cm³/mol. The molecule has 0 unspecified atom stereocenters. The lowest BCUT2D eigenvalue weighted by molar-refractivity contribution is -0.201. The summed E-state index contributed by atoms with van der Waals surface area (Å²) in [6, 6.07) is 15.2. The molecule has 0 aliphatic carbocycles. The highest BCUT2D eigenvalue weighted by atomic mass is 35.5. The molecule has 2 aromatic carbocycles. The van der Waals surface area contributed by atoms with Gasteiger partial charge in [0, 0.05) is 33.0 Å². The number of thioether (sulfide) groups is 1. The van der Waals surface area contributed by atoms with Crippen molar-refractivity contribution in [2.24, 2.45) is 0 Å². The largest absolute Gasteiger partial charge is 0.355 e. The van der Waals surface area contributed by atoms with Crippen molar-refractivity contribution in [1.29, 1.82) is 0 Å². The van der Waals surface area contributed by atoms with Gasteiger partial charge in [-0.15, -0.1) is 6.58 Å². The lowest BCUT2D eigenvalue weighted by Crippen LogP contribution is -2.60. The van der Waals surface area contributed by atoms with Crippen LogP contribution in [0.15, 0.2) is 61.2 Å². The highest BCUT2D eigenvalue weighted by molar-refractivity contribution is 8.00. The van der Waals surface area contributed by atoms with Crippen LogP contribution in [-0.4, -0.2) is 32.9 Å². The molecule has 0 aromatic heterocycles. The molecular formula is C28H35Cl2NO2S. The first-order valence-electron chi connectivity index (χ1n) is 11.8. The fraction of sp³-hybridized carbons (Fsp3) is 0.464. The summed E-state index contributed by atoms with van der Waals surface area (Å²) in [6.45, 7) is 14.5. The maximum Gasteiger partial charge on any atom is 0.255 e. The second-order valence-electron chi connectivity index (χ2n) is 10.0. The third kappa shape index (κ3) is 6.20. The summed E-state index contributed by atoms with van der Waals surface area (Å²) in [6.07, 6.45) is 2.63. The Hall–Kier alpha value is -1.46. The molecular weight excluding hydrogens is 485 g/mol. The molecule has 34 heavy (non-hydrogen) atoms. The van der Waals surface area contributed by atoms with Gasteiger partial charge in [-0.2, -0.15) is 11.8 Å². The lowest BCUT2D eigenvalue weighted by atomic mass is 9.86. The second kappa shape index (κ2) is 11.1. The minimum atomic E-state index is -1.02. The highest BCUT2D eigenvalue weighted by Gasteiger charge is 2.52. The molecule has 1 aliphatic rings. The van der Waals surface area contributed by atoms with E-state index >= 15 is 0 Å². The third-order valence-electron chi connectivity index (χ3n) is 6.16. The molecule has 4 atom stereocenters. The molecule has 0 radical (unpaired) electrons. The van der Waals surface area contributed by atoms with Crippen molar-refractivity contribution in [3.05, 3.63) is 82.4 Å². The summed E-state index contributed by atoms with van der Waals surface area (Å²) in [7, 11) is 0. The Balaban J connectivity index is 2.19. The predicted octanol–water partition coefficient (Wildman–Crippen LogP) is 8.28. The van der Waals surface area contributed by atoms with E-state index in [1.165, 1.54) is 0 Å². The number of hydrogen-bond donors (Lipinski definition) is 0. The van der Waals surface area contributed by atoms with E-state index in [9.17, 15) is 4.79 Å². The van der Waals surface area contributed by atoms with Gasteiger partial charge in [-0.3, -0.25) is 4.79 Å². The van der Waals surface area contributed by atoms with Crippen LogP contribution in [0.3, 0.4) is 0 Å². The van der Waals surface area contributed by atoms with Gasteiger partial charge in [-0.25, -0.2) is 0 Å². The molecule has 3 rings (SSSR count). The molecule has 1 fully saturated rings. The first-order chi connectivity index (χ1) is 16.0. The van der Waals surface area contributed by atoms with Gasteiger partial charge in [-0.1, -0.05) is 81.2 Å². The Kier molecular flexibility index (Phi) is 8.84. The maximum absolute atomic E-state index is 14.1. The van der Waals surface area contributed by atoms with Gasteiger partial charge in [0.2, 0.25) is 0 Å². The molecule has 2 aromatic rings. The molecule has 1 amide bonds. The van der Waals surface area contributed by atoms with E-state index in [1.807, 2.05) is 67.2 Å². The van der Waals surface area contributed by atoms with Crippen LogP contribution < -0.4 is 0 Å². The topological polar surface area (TPSA) is 29.5 Å². The van der Waals surface area contributed by atoms with E-state index in [0.29, 0.717) is 16.5 Å². The van der Waals surface area contributed by atoms with Gasteiger partial charge in [0.1, 0.15) is 11.7 Å². The minimum absolute atomic E-state index is 0.00742. The molecule has 0 saturated carbocycles. The molecule has 1 saturated heterocycles. The number of amides is 1. The van der Waals surface area contributed by atoms with Gasteiger partial charge in [0.15, 0.2) is 0 Å². The average Bonchev–Trinajstić information content (AvgIpc) is 2.77. The number of benzene rings is 2. The van der Waals surface area contributed by atoms with Gasteiger partial charge in [0.25, 0.3) is 5.91 Å². The Morgan fingerprint density at radius 1 is 1.15 bits per heavy atom. The highest BCUT2D eigenvalue weighted by Crippen LogP contribution is 2.48. The fourth-order valence-corrected chi connectivity index (χ4v) is 5.83. The summed E-state index contributed by atoms with van der Waals surface area (Å²) in [5, 5.41) is 1.30. The van der Waals surface area contributed by atoms with Crippen molar-refractivity contribution in [2.45, 2.75) is 76.0 Å². The zero-order valence-corrected chi connectivity index (χ0v) is 23.0. The van der Waals surface area contributed by atoms with E-state index in [-0.39, 0.29) is 22.7 Å². The Morgan fingerprint density at radius 2 is 1.82 bits per heavy atom. The summed E-state index contributed by atoms with van der Waals surface area (Å²) in [5.74, 6) is 0.828. The fourth-order valence-electron chi connectivity index (χ4n) is 4.41. The van der Waals surface area contributed by atoms with Crippen LogP contribution in [0.25, 0.3) is 0 Å². The van der Waals surface area contributed by atoms with Gasteiger partial charge in [-0.05, 0) is 48.7 Å². The Morgan fingerprint density at radius 3 is 2.38 bits per heavy atom. The molecule has 3 nitrogen and oxygen atoms in total. The first kappa shape index (κ1) is 27.1. The first-order valence-corrected chi connectivity index (χ1v) is 13.5. The zero-order valence-electron chi connectivity index (χ0n) is 20.7. The third-order valence-corrected chi connectivity index (χ3v) is 8.06. The Labute approximate surface area is 218 Å². The van der Waals surface area contributed by atoms with Crippen molar-refractivity contribution in [1.82, 2.24) is 4.90 Å². The monoisotopic (exact) mass is 519 g/mol. The van der Waals surface area contributed by atoms with Crippen molar-refractivity contribution in [3.63, 3.8) is 0 Å². The van der Waals surface area contributed by atoms with Crippen molar-refractivity contribution >= 4 is 40.9 Å². The van der Waals surface area contributed by atoms with Crippen LogP contribution in [-0.2, 0) is 9.53 Å². The van der Waals surface area contributed by atoms with Crippen LogP contribution in [0.1, 0.15) is 70.7 Å². The number of ether oxygens (including phenoxy) is 1. The van der Waals surface area contributed by atoms with Crippen molar-refractivity contribution < 1.29 is 9.53 Å². The van der Waals surface area contributed by atoms with E-state index in [0.717, 1.165) is 23.3 Å². The molecule has 184 valence electrons. The maximum atomic E-state index is 14.1. The summed E-state index contributed by atoms with van der Waals surface area (Å²) >= 11 is 14.5. The summed E-state index contributed by atoms with van der Waals surface area (Å²) in [5.41, 5.74) is 0.915. The van der Waals surface area contributed by atoms with Gasteiger partial charge in [0.05, 0.1) is 6.04 Å². The van der Waals surface area contributed by atoms with E-state index in [2.05, 4.69) is 39.2 Å². The van der Waals surface area contributed by atoms with Crippen LogP contribution in [0.5, 0.6) is 0 Å². The molecule has 0 bridgehead atoms. The lowest BCUT2D eigenvalue weighted by Gasteiger charge is -2.52. The van der Waals surface area contributed by atoms with E-state index in [1.54, 1.807) is 6.08 Å². The molecule has 6 heteroatoms. The number of hydrogen-bond acceptors (Lipinski definition) is 3. The molecule has 0 spiro atoms. The standard InChI is InChI=1S/C28H35Cl2NO2S/c1-7-16-28(6)26(32)31(23(8-2)18-34-27(3,4)5)24(19-12-14-21(29)15-13-19)25(33-28)20-10-9-11-22(30)17-20/h7,9-15,17,23-25H,1,8,16,18H2,2-6H3/t23-,24+,25+,28-/m0/s1. The quantitative estimate of drug-likeness (QED) is 0.328. The minimum Gasteiger partial charge on any atom is -0.355 e. The SMILES string of the molecule is C=CC[C@]1(C)O[C@H](c2cccc(Cl)c2)[C@@H](c2ccc(Cl)cc2)N([C@@H](CC)CSC(C)(C)C)C1=O. The van der Waals surface area contributed by atoms with Gasteiger partial charge < -0.3 is 9.64 Å². The number of rotatable bonds is 8. The molecule has 1 aliphatic heterocycles. The number of halogens is 2. The Bertz CT molecular complexity index is 1000. The normalized spacial score (nSPS) is 24.2. The average molecular weight is 521 g/mol. The molecule has 0 N–H and O–H groups in total. The molecule has 1 heterocycles. The second-order valence-corrected chi connectivity index (χ2v) is 12.7. The summed E-state index contributed by atoms with van der Waals surface area (Å²) < 4.78 is 6.77. The van der Waals surface area contributed by atoms with E-state index in [4.69, 9.17) is 27.9 Å². The summed E-state index contributed by atoms with van der Waals surface area (Å²) in [4.78, 5) is 16.2. The number of nitrogens with zero attached hydrogens (tertiary/aromatic N) is 1. The van der Waals surface area contributed by atoms with Crippen LogP contribution in [0.4, 0.5) is 0 Å². The number of morpholine rings is 1. The van der Waals surface area contributed by atoms with Crippen LogP contribution in [0.2, 0.25) is 10.0 Å². The van der Waals surface area contributed by atoms with Crippen molar-refractivity contribution in [2.75, 3.05) is 5.75 Å². The van der Waals surface area contributed by atoms with Crippen LogP contribution in [0, 0.1) is 0 Å².